The highest BCUT2D eigenvalue weighted by Crippen LogP contribution is 2.05. The monoisotopic (exact) mass is 215 g/mol. The summed E-state index contributed by atoms with van der Waals surface area (Å²) in [4.78, 5) is 20.2. The van der Waals surface area contributed by atoms with Crippen molar-refractivity contribution in [2.24, 2.45) is 5.92 Å². The minimum Gasteiger partial charge on any atom is -0.347 e. The van der Waals surface area contributed by atoms with E-state index >= 15 is 0 Å². The van der Waals surface area contributed by atoms with Gasteiger partial charge < -0.3 is 9.88 Å². The predicted octanol–water partition coefficient (Wildman–Crippen LogP) is 1.24. The molecule has 1 rings (SSSR count). The molecule has 1 amide bonds. The van der Waals surface area contributed by atoms with Crippen molar-refractivity contribution in [2.45, 2.75) is 13.5 Å². The maximum absolute atomic E-state index is 11.6. The van der Waals surface area contributed by atoms with Gasteiger partial charge in [-0.2, -0.15) is 0 Å². The van der Waals surface area contributed by atoms with E-state index in [1.54, 1.807) is 24.3 Å². The van der Waals surface area contributed by atoms with Gasteiger partial charge in [0.15, 0.2) is 0 Å². The first-order valence-corrected chi connectivity index (χ1v) is 4.97. The number of alkyl halides is 1. The van der Waals surface area contributed by atoms with E-state index in [9.17, 15) is 4.79 Å². The van der Waals surface area contributed by atoms with Gasteiger partial charge in [0.1, 0.15) is 5.82 Å². The van der Waals surface area contributed by atoms with Crippen LogP contribution in [-0.4, -0.2) is 33.7 Å². The van der Waals surface area contributed by atoms with Crippen molar-refractivity contribution in [1.29, 1.82) is 0 Å². The van der Waals surface area contributed by atoms with Crippen LogP contribution in [0.5, 0.6) is 0 Å². The number of amides is 1. The second-order valence-corrected chi connectivity index (χ2v) is 3.59. The van der Waals surface area contributed by atoms with E-state index in [1.165, 1.54) is 0 Å². The molecular formula is C9H14ClN3O. The molecule has 0 spiro atoms. The molecule has 0 aliphatic heterocycles. The molecule has 0 saturated heterocycles. The Morgan fingerprint density at radius 1 is 1.79 bits per heavy atom. The lowest BCUT2D eigenvalue weighted by molar-refractivity contribution is -0.133. The Bertz CT molecular complexity index is 286. The minimum absolute atomic E-state index is 0.0383. The second-order valence-electron chi connectivity index (χ2n) is 3.29. The number of hydrogen-bond donors (Lipinski definition) is 1. The van der Waals surface area contributed by atoms with Crippen LogP contribution < -0.4 is 0 Å². The van der Waals surface area contributed by atoms with Crippen LogP contribution in [0.3, 0.4) is 0 Å². The Morgan fingerprint density at radius 2 is 2.50 bits per heavy atom. The molecule has 0 aliphatic rings. The fraction of sp³-hybridized carbons (Fsp3) is 0.556. The third kappa shape index (κ3) is 2.73. The lowest BCUT2D eigenvalue weighted by Crippen LogP contribution is -2.32. The molecule has 78 valence electrons. The molecule has 1 heterocycles. The van der Waals surface area contributed by atoms with Gasteiger partial charge >= 0.3 is 0 Å². The fourth-order valence-corrected chi connectivity index (χ4v) is 1.26. The summed E-state index contributed by atoms with van der Waals surface area (Å²) in [6.07, 6.45) is 3.40. The van der Waals surface area contributed by atoms with E-state index in [0.29, 0.717) is 12.4 Å². The number of halogens is 1. The summed E-state index contributed by atoms with van der Waals surface area (Å²) in [5.74, 6) is 1.03. The van der Waals surface area contributed by atoms with Crippen molar-refractivity contribution in [3.8, 4) is 0 Å². The Labute approximate surface area is 88.3 Å². The van der Waals surface area contributed by atoms with Gasteiger partial charge in [-0.15, -0.1) is 11.6 Å². The van der Waals surface area contributed by atoms with Crippen molar-refractivity contribution in [3.63, 3.8) is 0 Å². The zero-order chi connectivity index (χ0) is 10.6. The first-order valence-electron chi connectivity index (χ1n) is 4.44. The maximum Gasteiger partial charge on any atom is 0.226 e. The topological polar surface area (TPSA) is 49.0 Å². The number of carbonyl (C=O) groups is 1. The summed E-state index contributed by atoms with van der Waals surface area (Å²) >= 11 is 5.60. The van der Waals surface area contributed by atoms with Gasteiger partial charge in [-0.3, -0.25) is 4.79 Å². The molecule has 0 radical (unpaired) electrons. The van der Waals surface area contributed by atoms with Gasteiger partial charge in [0.2, 0.25) is 5.91 Å². The Hall–Kier alpha value is -1.03. The van der Waals surface area contributed by atoms with E-state index in [4.69, 9.17) is 11.6 Å². The van der Waals surface area contributed by atoms with Crippen molar-refractivity contribution in [3.05, 3.63) is 18.2 Å². The van der Waals surface area contributed by atoms with Gasteiger partial charge in [0.25, 0.3) is 0 Å². The average molecular weight is 216 g/mol. The van der Waals surface area contributed by atoms with Gasteiger partial charge in [0, 0.05) is 31.2 Å². The number of nitrogens with zero attached hydrogens (tertiary/aromatic N) is 2. The van der Waals surface area contributed by atoms with Crippen molar-refractivity contribution in [1.82, 2.24) is 14.9 Å². The van der Waals surface area contributed by atoms with E-state index in [2.05, 4.69) is 9.97 Å². The molecule has 1 aromatic heterocycles. The number of rotatable bonds is 4. The summed E-state index contributed by atoms with van der Waals surface area (Å²) in [6.45, 7) is 2.31. The molecule has 1 unspecified atom stereocenters. The zero-order valence-corrected chi connectivity index (χ0v) is 9.08. The molecule has 4 nitrogen and oxygen atoms in total. The number of nitrogens with one attached hydrogen (secondary N) is 1. The highest BCUT2D eigenvalue weighted by Gasteiger charge is 2.16. The third-order valence-electron chi connectivity index (χ3n) is 1.97. The summed E-state index contributed by atoms with van der Waals surface area (Å²) in [5, 5.41) is 0. The van der Waals surface area contributed by atoms with Crippen LogP contribution in [-0.2, 0) is 11.3 Å². The Kier molecular flexibility index (Phi) is 3.95. The summed E-state index contributed by atoms with van der Waals surface area (Å²) in [6, 6.07) is 0. The number of carbonyl (C=O) groups excluding carboxylic acids is 1. The summed E-state index contributed by atoms with van der Waals surface area (Å²) in [5.41, 5.74) is 0. The van der Waals surface area contributed by atoms with E-state index < -0.39 is 0 Å². The third-order valence-corrected chi connectivity index (χ3v) is 2.43. The van der Waals surface area contributed by atoms with Crippen molar-refractivity contribution in [2.75, 3.05) is 12.9 Å². The van der Waals surface area contributed by atoms with Crippen LogP contribution in [0, 0.1) is 5.92 Å². The first-order chi connectivity index (χ1) is 6.65. The van der Waals surface area contributed by atoms with Gasteiger partial charge in [0.05, 0.1) is 6.54 Å². The SMILES string of the molecule is CC(CCl)C(=O)N(C)Cc1ncc[nH]1. The van der Waals surface area contributed by atoms with Crippen LogP contribution in [0.2, 0.25) is 0 Å². The van der Waals surface area contributed by atoms with Crippen LogP contribution in [0.4, 0.5) is 0 Å². The molecule has 0 aliphatic carbocycles. The maximum atomic E-state index is 11.6. The summed E-state index contributed by atoms with van der Waals surface area (Å²) in [7, 11) is 1.74. The minimum atomic E-state index is -0.142. The molecule has 5 heteroatoms. The van der Waals surface area contributed by atoms with Crippen molar-refractivity contribution < 1.29 is 4.79 Å². The molecule has 1 atom stereocenters. The smallest absolute Gasteiger partial charge is 0.226 e. The van der Waals surface area contributed by atoms with E-state index in [1.807, 2.05) is 6.92 Å². The number of H-pyrrole nitrogens is 1. The highest BCUT2D eigenvalue weighted by molar-refractivity contribution is 6.19. The molecule has 0 bridgehead atoms. The van der Waals surface area contributed by atoms with Gasteiger partial charge in [-0.05, 0) is 0 Å². The molecule has 1 aromatic rings. The lowest BCUT2D eigenvalue weighted by Gasteiger charge is -2.18. The quantitative estimate of drug-likeness (QED) is 0.769. The van der Waals surface area contributed by atoms with Crippen LogP contribution in [0.15, 0.2) is 12.4 Å². The average Bonchev–Trinajstić information content (AvgIpc) is 2.68. The highest BCUT2D eigenvalue weighted by atomic mass is 35.5. The predicted molar refractivity (Wildman–Crippen MR) is 54.9 cm³/mol. The number of aromatic amines is 1. The standard InChI is InChI=1S/C9H14ClN3O/c1-7(5-10)9(14)13(2)6-8-11-3-4-12-8/h3-4,7H,5-6H2,1-2H3,(H,11,12). The molecular weight excluding hydrogens is 202 g/mol. The first kappa shape index (κ1) is 11.0. The van der Waals surface area contributed by atoms with Gasteiger partial charge in [-0.1, -0.05) is 6.92 Å². The van der Waals surface area contributed by atoms with Crippen molar-refractivity contribution >= 4 is 17.5 Å². The van der Waals surface area contributed by atoms with E-state index in [-0.39, 0.29) is 11.8 Å². The largest absolute Gasteiger partial charge is 0.347 e. The second kappa shape index (κ2) is 5.00. The number of hydrogen-bond acceptors (Lipinski definition) is 2. The lowest BCUT2D eigenvalue weighted by atomic mass is 10.2. The van der Waals surface area contributed by atoms with Crippen LogP contribution >= 0.6 is 11.6 Å². The zero-order valence-electron chi connectivity index (χ0n) is 8.33. The number of imidazole rings is 1. The fourth-order valence-electron chi connectivity index (χ4n) is 1.13. The Balaban J connectivity index is 2.50. The number of aromatic nitrogens is 2. The molecule has 0 fully saturated rings. The Morgan fingerprint density at radius 3 is 3.00 bits per heavy atom. The van der Waals surface area contributed by atoms with Crippen LogP contribution in [0.1, 0.15) is 12.7 Å². The van der Waals surface area contributed by atoms with Crippen LogP contribution in [0.25, 0.3) is 0 Å². The molecule has 14 heavy (non-hydrogen) atoms. The normalized spacial score (nSPS) is 12.5. The molecule has 1 N–H and O–H groups in total. The van der Waals surface area contributed by atoms with Gasteiger partial charge in [-0.25, -0.2) is 4.98 Å². The van der Waals surface area contributed by atoms with E-state index in [0.717, 1.165) is 5.82 Å². The molecule has 0 saturated carbocycles. The summed E-state index contributed by atoms with van der Waals surface area (Å²) < 4.78 is 0. The molecule has 0 aromatic carbocycles.